The van der Waals surface area contributed by atoms with Gasteiger partial charge in [0.15, 0.2) is 0 Å². The van der Waals surface area contributed by atoms with Crippen molar-refractivity contribution in [2.45, 2.75) is 46.0 Å². The molecule has 1 heterocycles. The van der Waals surface area contributed by atoms with Gasteiger partial charge in [0, 0.05) is 13.1 Å². The van der Waals surface area contributed by atoms with Gasteiger partial charge in [-0.3, -0.25) is 9.59 Å². The molecule has 18 heavy (non-hydrogen) atoms. The van der Waals surface area contributed by atoms with Crippen molar-refractivity contribution in [3.8, 4) is 0 Å². The lowest BCUT2D eigenvalue weighted by molar-refractivity contribution is -0.149. The van der Waals surface area contributed by atoms with Crippen LogP contribution in [-0.4, -0.2) is 35.0 Å². The van der Waals surface area contributed by atoms with Gasteiger partial charge in [-0.25, -0.2) is 0 Å². The molecule has 0 aromatic heterocycles. The maximum atomic E-state index is 12.4. The average Bonchev–Trinajstić information content (AvgIpc) is 3.10. The number of carbonyl (C=O) groups is 2. The molecule has 2 fully saturated rings. The molecule has 1 aliphatic heterocycles. The summed E-state index contributed by atoms with van der Waals surface area (Å²) in [6, 6.07) is 0. The van der Waals surface area contributed by atoms with Gasteiger partial charge in [-0.05, 0) is 25.2 Å². The Bertz CT molecular complexity index is 345. The smallest absolute Gasteiger partial charge is 0.310 e. The van der Waals surface area contributed by atoms with Crippen LogP contribution in [0.4, 0.5) is 0 Å². The first kappa shape index (κ1) is 13.4. The van der Waals surface area contributed by atoms with Gasteiger partial charge in [0.25, 0.3) is 0 Å². The Kier molecular flexibility index (Phi) is 3.64. The van der Waals surface area contributed by atoms with E-state index in [1.807, 2.05) is 18.7 Å². The first-order valence-electron chi connectivity index (χ1n) is 7.02. The van der Waals surface area contributed by atoms with Crippen LogP contribution < -0.4 is 0 Å². The summed E-state index contributed by atoms with van der Waals surface area (Å²) >= 11 is 0. The van der Waals surface area contributed by atoms with E-state index in [1.54, 1.807) is 0 Å². The molecule has 2 rings (SSSR count). The zero-order valence-electron chi connectivity index (χ0n) is 11.3. The van der Waals surface area contributed by atoms with Gasteiger partial charge in [0.2, 0.25) is 5.91 Å². The van der Waals surface area contributed by atoms with E-state index < -0.39 is 11.4 Å². The van der Waals surface area contributed by atoms with E-state index >= 15 is 0 Å². The van der Waals surface area contributed by atoms with Crippen LogP contribution in [0.1, 0.15) is 46.0 Å². The average molecular weight is 253 g/mol. The fraction of sp³-hybridized carbons (Fsp3) is 0.857. The molecule has 4 nitrogen and oxygen atoms in total. The van der Waals surface area contributed by atoms with E-state index in [2.05, 4.69) is 0 Å². The van der Waals surface area contributed by atoms with Crippen LogP contribution in [-0.2, 0) is 9.59 Å². The molecule has 0 radical (unpaired) electrons. The summed E-state index contributed by atoms with van der Waals surface area (Å²) in [5.74, 6) is -0.984. The number of likely N-dealkylation sites (tertiary alicyclic amines) is 1. The number of carboxylic acid groups (broad SMARTS) is 1. The van der Waals surface area contributed by atoms with Gasteiger partial charge in [0.1, 0.15) is 0 Å². The summed E-state index contributed by atoms with van der Waals surface area (Å²) in [5, 5.41) is 9.38. The second-order valence-electron chi connectivity index (χ2n) is 6.00. The Morgan fingerprint density at radius 1 is 1.17 bits per heavy atom. The fourth-order valence-corrected chi connectivity index (χ4v) is 3.22. The van der Waals surface area contributed by atoms with Crippen molar-refractivity contribution in [1.82, 2.24) is 4.90 Å². The largest absolute Gasteiger partial charge is 0.481 e. The van der Waals surface area contributed by atoms with Gasteiger partial charge in [0.05, 0.1) is 11.3 Å². The number of aliphatic carboxylic acids is 1. The molecule has 1 amide bonds. The van der Waals surface area contributed by atoms with Crippen molar-refractivity contribution in [2.24, 2.45) is 17.3 Å². The molecule has 2 atom stereocenters. The molecule has 0 aromatic rings. The van der Waals surface area contributed by atoms with Gasteiger partial charge >= 0.3 is 5.97 Å². The van der Waals surface area contributed by atoms with E-state index in [0.29, 0.717) is 6.42 Å². The third kappa shape index (κ3) is 2.13. The summed E-state index contributed by atoms with van der Waals surface area (Å²) in [4.78, 5) is 25.7. The van der Waals surface area contributed by atoms with Crippen LogP contribution in [0.3, 0.4) is 0 Å². The van der Waals surface area contributed by atoms with Gasteiger partial charge in [-0.15, -0.1) is 0 Å². The van der Waals surface area contributed by atoms with E-state index in [-0.39, 0.29) is 17.7 Å². The Labute approximate surface area is 108 Å². The molecule has 1 N–H and O–H groups in total. The summed E-state index contributed by atoms with van der Waals surface area (Å²) in [6.45, 7) is 5.43. The van der Waals surface area contributed by atoms with Gasteiger partial charge < -0.3 is 10.0 Å². The van der Waals surface area contributed by atoms with E-state index in [0.717, 1.165) is 25.9 Å². The normalized spacial score (nSPS) is 32.2. The Morgan fingerprint density at radius 2 is 1.72 bits per heavy atom. The summed E-state index contributed by atoms with van der Waals surface area (Å²) < 4.78 is 0. The lowest BCUT2D eigenvalue weighted by atomic mass is 9.89. The number of carboxylic acids is 1. The van der Waals surface area contributed by atoms with Crippen molar-refractivity contribution >= 4 is 11.9 Å². The minimum absolute atomic E-state index is 0.0240. The lowest BCUT2D eigenvalue weighted by Crippen LogP contribution is -2.37. The highest BCUT2D eigenvalue weighted by Crippen LogP contribution is 2.58. The number of carbonyl (C=O) groups excluding carboxylic acids is 1. The third-order valence-corrected chi connectivity index (χ3v) is 4.65. The molecule has 1 saturated heterocycles. The molecule has 4 heteroatoms. The highest BCUT2D eigenvalue weighted by molar-refractivity contribution is 5.93. The van der Waals surface area contributed by atoms with Crippen LogP contribution in [0.2, 0.25) is 0 Å². The van der Waals surface area contributed by atoms with Crippen LogP contribution >= 0.6 is 0 Å². The lowest BCUT2D eigenvalue weighted by Gasteiger charge is -2.23. The van der Waals surface area contributed by atoms with E-state index in [4.69, 9.17) is 0 Å². The maximum Gasteiger partial charge on any atom is 0.310 e. The first-order valence-corrected chi connectivity index (χ1v) is 7.02. The molecular weight excluding hydrogens is 230 g/mol. The first-order chi connectivity index (χ1) is 8.50. The Balaban J connectivity index is 2.05. The molecule has 102 valence electrons. The summed E-state index contributed by atoms with van der Waals surface area (Å²) in [5.41, 5.74) is -0.788. The number of nitrogens with zero attached hydrogens (tertiary/aromatic N) is 1. The SMILES string of the molecule is CC(C)C1(C(=O)O)CC1C(=O)N1CCCCCC1. The minimum atomic E-state index is -0.800. The number of hydrogen-bond donors (Lipinski definition) is 1. The maximum absolute atomic E-state index is 12.4. The Morgan fingerprint density at radius 3 is 2.11 bits per heavy atom. The molecule has 1 saturated carbocycles. The standard InChI is InChI=1S/C14H23NO3/c1-10(2)14(13(17)18)9-11(14)12(16)15-7-5-3-4-6-8-15/h10-11H,3-9H2,1-2H3,(H,17,18). The molecule has 2 aliphatic rings. The predicted octanol–water partition coefficient (Wildman–Crippen LogP) is 2.14. The highest BCUT2D eigenvalue weighted by Gasteiger charge is 2.66. The quantitative estimate of drug-likeness (QED) is 0.838. The van der Waals surface area contributed by atoms with Crippen LogP contribution in [0.15, 0.2) is 0 Å². The number of hydrogen-bond acceptors (Lipinski definition) is 2. The second kappa shape index (κ2) is 4.90. The van der Waals surface area contributed by atoms with Crippen molar-refractivity contribution in [3.63, 3.8) is 0 Å². The predicted molar refractivity (Wildman–Crippen MR) is 68.1 cm³/mol. The number of rotatable bonds is 3. The molecular formula is C14H23NO3. The molecule has 0 spiro atoms. The highest BCUT2D eigenvalue weighted by atomic mass is 16.4. The number of amides is 1. The van der Waals surface area contributed by atoms with Crippen LogP contribution in [0.5, 0.6) is 0 Å². The van der Waals surface area contributed by atoms with Crippen LogP contribution in [0, 0.1) is 17.3 Å². The van der Waals surface area contributed by atoms with Crippen LogP contribution in [0.25, 0.3) is 0 Å². The zero-order chi connectivity index (χ0) is 13.3. The molecule has 2 unspecified atom stereocenters. The molecule has 0 aromatic carbocycles. The second-order valence-corrected chi connectivity index (χ2v) is 6.00. The Hall–Kier alpha value is -1.06. The summed E-state index contributed by atoms with van der Waals surface area (Å²) in [7, 11) is 0. The minimum Gasteiger partial charge on any atom is -0.481 e. The van der Waals surface area contributed by atoms with Gasteiger partial charge in [-0.1, -0.05) is 26.7 Å². The van der Waals surface area contributed by atoms with Crippen molar-refractivity contribution in [3.05, 3.63) is 0 Å². The van der Waals surface area contributed by atoms with Crippen molar-refractivity contribution in [1.29, 1.82) is 0 Å². The molecule has 0 bridgehead atoms. The van der Waals surface area contributed by atoms with Crippen molar-refractivity contribution in [2.75, 3.05) is 13.1 Å². The van der Waals surface area contributed by atoms with Gasteiger partial charge in [-0.2, -0.15) is 0 Å². The van der Waals surface area contributed by atoms with E-state index in [1.165, 1.54) is 12.8 Å². The van der Waals surface area contributed by atoms with E-state index in [9.17, 15) is 14.7 Å². The third-order valence-electron chi connectivity index (χ3n) is 4.65. The van der Waals surface area contributed by atoms with Crippen molar-refractivity contribution < 1.29 is 14.7 Å². The molecule has 1 aliphatic carbocycles. The zero-order valence-corrected chi connectivity index (χ0v) is 11.3. The topological polar surface area (TPSA) is 57.6 Å². The monoisotopic (exact) mass is 253 g/mol. The summed E-state index contributed by atoms with van der Waals surface area (Å²) in [6.07, 6.45) is 5.00. The fourth-order valence-electron chi connectivity index (χ4n) is 3.22.